The van der Waals surface area contributed by atoms with Gasteiger partial charge in [-0.2, -0.15) is 0 Å². The van der Waals surface area contributed by atoms with Crippen LogP contribution in [0.5, 0.6) is 0 Å². The van der Waals surface area contributed by atoms with Crippen molar-refractivity contribution < 1.29 is 24.9 Å². The standard InChI is InChI=1S/C14H20N2O5/c1-6-10(13(19)16-4-9(18)5-17)7(2)12(15)8(3)11(6)14(20)21/h9,17-18H,4-5,15H2,1-3H3,(H,16,19)(H,20,21). The van der Waals surface area contributed by atoms with Gasteiger partial charge in [0.2, 0.25) is 0 Å². The summed E-state index contributed by atoms with van der Waals surface area (Å²) >= 11 is 0. The molecule has 1 rings (SSSR count). The largest absolute Gasteiger partial charge is 0.478 e. The summed E-state index contributed by atoms with van der Waals surface area (Å²) in [5.74, 6) is -1.69. The Hall–Kier alpha value is -2.12. The molecule has 0 aliphatic rings. The molecule has 1 amide bonds. The molecule has 116 valence electrons. The summed E-state index contributed by atoms with van der Waals surface area (Å²) in [6.45, 7) is 4.16. The summed E-state index contributed by atoms with van der Waals surface area (Å²) in [6.07, 6.45) is -1.07. The highest BCUT2D eigenvalue weighted by molar-refractivity contribution is 6.03. The number of carbonyl (C=O) groups is 2. The molecule has 7 nitrogen and oxygen atoms in total. The summed E-state index contributed by atoms with van der Waals surface area (Å²) in [6, 6.07) is 0. The number of benzene rings is 1. The molecule has 0 saturated heterocycles. The highest BCUT2D eigenvalue weighted by atomic mass is 16.4. The second-order valence-corrected chi connectivity index (χ2v) is 4.89. The molecule has 0 radical (unpaired) electrons. The van der Waals surface area contributed by atoms with Gasteiger partial charge < -0.3 is 26.4 Å². The van der Waals surface area contributed by atoms with Crippen LogP contribution in [0.15, 0.2) is 0 Å². The van der Waals surface area contributed by atoms with Crippen LogP contribution in [0.3, 0.4) is 0 Å². The highest BCUT2D eigenvalue weighted by Gasteiger charge is 2.23. The molecule has 7 heteroatoms. The molecule has 6 N–H and O–H groups in total. The summed E-state index contributed by atoms with van der Waals surface area (Å²) in [4.78, 5) is 23.5. The van der Waals surface area contributed by atoms with Crippen LogP contribution in [-0.2, 0) is 0 Å². The number of nitrogen functional groups attached to an aromatic ring is 1. The topological polar surface area (TPSA) is 133 Å². The number of hydrogen-bond acceptors (Lipinski definition) is 5. The Morgan fingerprint density at radius 1 is 1.14 bits per heavy atom. The lowest BCUT2D eigenvalue weighted by Crippen LogP contribution is -2.35. The number of aliphatic hydroxyl groups is 2. The molecule has 21 heavy (non-hydrogen) atoms. The molecule has 0 aliphatic carbocycles. The summed E-state index contributed by atoms with van der Waals surface area (Å²) in [7, 11) is 0. The van der Waals surface area contributed by atoms with Crippen molar-refractivity contribution in [1.82, 2.24) is 5.32 Å². The second-order valence-electron chi connectivity index (χ2n) is 4.89. The molecule has 0 bridgehead atoms. The average molecular weight is 296 g/mol. The van der Waals surface area contributed by atoms with Gasteiger partial charge in [0, 0.05) is 17.8 Å². The lowest BCUT2D eigenvalue weighted by molar-refractivity contribution is 0.0695. The van der Waals surface area contributed by atoms with Gasteiger partial charge in [0.25, 0.3) is 5.91 Å². The number of carbonyl (C=O) groups excluding carboxylic acids is 1. The van der Waals surface area contributed by atoms with Gasteiger partial charge in [0.1, 0.15) is 0 Å². The van der Waals surface area contributed by atoms with Crippen molar-refractivity contribution in [3.05, 3.63) is 27.8 Å². The normalized spacial score (nSPS) is 12.0. The maximum absolute atomic E-state index is 12.2. The number of carboxylic acids is 1. The van der Waals surface area contributed by atoms with E-state index in [1.165, 1.54) is 0 Å². The van der Waals surface area contributed by atoms with Crippen LogP contribution in [0.1, 0.15) is 37.4 Å². The van der Waals surface area contributed by atoms with Gasteiger partial charge in [-0.1, -0.05) is 0 Å². The van der Waals surface area contributed by atoms with Crippen LogP contribution in [-0.4, -0.2) is 46.5 Å². The van der Waals surface area contributed by atoms with E-state index >= 15 is 0 Å². The van der Waals surface area contributed by atoms with E-state index in [1.54, 1.807) is 20.8 Å². The van der Waals surface area contributed by atoms with E-state index in [9.17, 15) is 19.8 Å². The molecule has 1 aromatic carbocycles. The van der Waals surface area contributed by atoms with Crippen LogP contribution < -0.4 is 11.1 Å². The molecule has 0 aromatic heterocycles. The Morgan fingerprint density at radius 2 is 1.67 bits per heavy atom. The number of nitrogens with one attached hydrogen (secondary N) is 1. The van der Waals surface area contributed by atoms with E-state index in [0.717, 1.165) is 0 Å². The molecule has 1 aromatic rings. The zero-order valence-electron chi connectivity index (χ0n) is 12.2. The van der Waals surface area contributed by atoms with Crippen molar-refractivity contribution >= 4 is 17.6 Å². The summed E-state index contributed by atoms with van der Waals surface area (Å²) in [5, 5.41) is 29.7. The molecular formula is C14H20N2O5. The highest BCUT2D eigenvalue weighted by Crippen LogP contribution is 2.29. The number of amides is 1. The van der Waals surface area contributed by atoms with Gasteiger partial charge in [-0.25, -0.2) is 4.79 Å². The third-order valence-electron chi connectivity index (χ3n) is 3.46. The van der Waals surface area contributed by atoms with Gasteiger partial charge >= 0.3 is 5.97 Å². The van der Waals surface area contributed by atoms with Crippen LogP contribution in [0, 0.1) is 20.8 Å². The van der Waals surface area contributed by atoms with Crippen LogP contribution in [0.25, 0.3) is 0 Å². The quantitative estimate of drug-likeness (QED) is 0.485. The van der Waals surface area contributed by atoms with Crippen LogP contribution >= 0.6 is 0 Å². The number of aromatic carboxylic acids is 1. The van der Waals surface area contributed by atoms with Crippen LogP contribution in [0.2, 0.25) is 0 Å². The number of rotatable bonds is 5. The van der Waals surface area contributed by atoms with Gasteiger partial charge in [-0.3, -0.25) is 4.79 Å². The number of nitrogens with two attached hydrogens (primary N) is 1. The van der Waals surface area contributed by atoms with E-state index < -0.39 is 24.6 Å². The van der Waals surface area contributed by atoms with Crippen molar-refractivity contribution in [3.63, 3.8) is 0 Å². The Bertz CT molecular complexity index is 583. The molecule has 1 atom stereocenters. The third-order valence-corrected chi connectivity index (χ3v) is 3.46. The predicted molar refractivity (Wildman–Crippen MR) is 77.5 cm³/mol. The molecule has 0 spiro atoms. The van der Waals surface area contributed by atoms with Crippen molar-refractivity contribution in [2.75, 3.05) is 18.9 Å². The van der Waals surface area contributed by atoms with Gasteiger partial charge in [-0.05, 0) is 37.5 Å². The predicted octanol–water partition coefficient (Wildman–Crippen LogP) is -0.0247. The molecule has 0 aliphatic heterocycles. The first-order chi connectivity index (χ1) is 9.72. The molecule has 0 fully saturated rings. The number of hydrogen-bond donors (Lipinski definition) is 5. The van der Waals surface area contributed by atoms with E-state index in [0.29, 0.717) is 16.7 Å². The molecule has 1 unspecified atom stereocenters. The minimum atomic E-state index is -1.15. The van der Waals surface area contributed by atoms with E-state index in [1.807, 2.05) is 0 Å². The SMILES string of the molecule is Cc1c(N)c(C)c(C(=O)NCC(O)CO)c(C)c1C(=O)O. The van der Waals surface area contributed by atoms with E-state index in [2.05, 4.69) is 5.32 Å². The first-order valence-electron chi connectivity index (χ1n) is 6.42. The van der Waals surface area contributed by atoms with Crippen molar-refractivity contribution in [2.45, 2.75) is 26.9 Å². The maximum Gasteiger partial charge on any atom is 0.336 e. The minimum Gasteiger partial charge on any atom is -0.478 e. The number of carboxylic acid groups (broad SMARTS) is 1. The Kier molecular flexibility index (Phi) is 5.28. The zero-order valence-corrected chi connectivity index (χ0v) is 12.2. The monoisotopic (exact) mass is 296 g/mol. The fourth-order valence-electron chi connectivity index (χ4n) is 2.26. The molecular weight excluding hydrogens is 276 g/mol. The first-order valence-corrected chi connectivity index (χ1v) is 6.42. The lowest BCUT2D eigenvalue weighted by atomic mass is 9.91. The minimum absolute atomic E-state index is 0.00552. The van der Waals surface area contributed by atoms with Crippen LogP contribution in [0.4, 0.5) is 5.69 Å². The zero-order chi connectivity index (χ0) is 16.3. The third kappa shape index (κ3) is 3.32. The fraction of sp³-hybridized carbons (Fsp3) is 0.429. The van der Waals surface area contributed by atoms with Crippen molar-refractivity contribution in [3.8, 4) is 0 Å². The maximum atomic E-state index is 12.2. The smallest absolute Gasteiger partial charge is 0.336 e. The molecule has 0 heterocycles. The summed E-state index contributed by atoms with van der Waals surface area (Å²) in [5.41, 5.74) is 7.55. The summed E-state index contributed by atoms with van der Waals surface area (Å²) < 4.78 is 0. The number of anilines is 1. The Morgan fingerprint density at radius 3 is 2.14 bits per heavy atom. The van der Waals surface area contributed by atoms with Crippen molar-refractivity contribution in [2.24, 2.45) is 0 Å². The lowest BCUT2D eigenvalue weighted by Gasteiger charge is -2.18. The second kappa shape index (κ2) is 6.55. The Labute approximate surface area is 122 Å². The number of aliphatic hydroxyl groups excluding tert-OH is 2. The van der Waals surface area contributed by atoms with E-state index in [4.69, 9.17) is 10.8 Å². The first kappa shape index (κ1) is 16.9. The van der Waals surface area contributed by atoms with Crippen molar-refractivity contribution in [1.29, 1.82) is 0 Å². The van der Waals surface area contributed by atoms with Gasteiger partial charge in [0.15, 0.2) is 0 Å². The van der Waals surface area contributed by atoms with Gasteiger partial charge in [-0.15, -0.1) is 0 Å². The fourth-order valence-corrected chi connectivity index (χ4v) is 2.26. The van der Waals surface area contributed by atoms with E-state index in [-0.39, 0.29) is 23.4 Å². The molecule has 0 saturated carbocycles. The van der Waals surface area contributed by atoms with Gasteiger partial charge in [0.05, 0.1) is 18.3 Å². The average Bonchev–Trinajstić information content (AvgIpc) is 2.42. The Balaban J connectivity index is 3.30.